The fourth-order valence-electron chi connectivity index (χ4n) is 4.29. The van der Waals surface area contributed by atoms with Gasteiger partial charge in [-0.2, -0.15) is 0 Å². The fraction of sp³-hybridized carbons (Fsp3) is 0.440. The summed E-state index contributed by atoms with van der Waals surface area (Å²) in [6, 6.07) is 13.1. The van der Waals surface area contributed by atoms with Crippen molar-refractivity contribution in [3.8, 4) is 11.5 Å². The Morgan fingerprint density at radius 3 is 2.44 bits per heavy atom. The van der Waals surface area contributed by atoms with Crippen LogP contribution < -0.4 is 20.1 Å². The van der Waals surface area contributed by atoms with Gasteiger partial charge >= 0.3 is 6.03 Å². The van der Waals surface area contributed by atoms with Crippen LogP contribution >= 0.6 is 0 Å². The summed E-state index contributed by atoms with van der Waals surface area (Å²) in [5.41, 5.74) is 2.74. The summed E-state index contributed by atoms with van der Waals surface area (Å²) >= 11 is 0. The Balaban J connectivity index is 1.56. The molecule has 0 radical (unpaired) electrons. The Labute approximate surface area is 189 Å². The van der Waals surface area contributed by atoms with Crippen molar-refractivity contribution in [1.82, 2.24) is 10.2 Å². The van der Waals surface area contributed by atoms with E-state index in [1.165, 1.54) is 12.8 Å². The lowest BCUT2D eigenvalue weighted by molar-refractivity contribution is -0.125. The van der Waals surface area contributed by atoms with Crippen LogP contribution in [-0.2, 0) is 4.79 Å². The number of ether oxygens (including phenoxy) is 2. The van der Waals surface area contributed by atoms with Crippen LogP contribution in [0.2, 0.25) is 0 Å². The standard InChI is InChI=1S/C25H31N3O4/c1-16-7-11-18(12-8-16)27-25(30)28-14-20(19-5-4-6-22(31-2)23(19)32-3)21(15-28)24(29)26-13-17-9-10-17/h4-8,11-12,17,20-21H,9-10,13-15H2,1-3H3,(H,26,29)(H,27,30). The second-order valence-electron chi connectivity index (χ2n) is 8.69. The average molecular weight is 438 g/mol. The number of carbonyl (C=O) groups is 2. The van der Waals surface area contributed by atoms with Crippen molar-refractivity contribution in [1.29, 1.82) is 0 Å². The number of rotatable bonds is 7. The van der Waals surface area contributed by atoms with Gasteiger partial charge < -0.3 is 25.0 Å². The van der Waals surface area contributed by atoms with Crippen molar-refractivity contribution in [3.63, 3.8) is 0 Å². The molecule has 2 fully saturated rings. The summed E-state index contributed by atoms with van der Waals surface area (Å²) in [7, 11) is 3.19. The van der Waals surface area contributed by atoms with Gasteiger partial charge in [-0.25, -0.2) is 4.79 Å². The van der Waals surface area contributed by atoms with E-state index in [1.807, 2.05) is 49.4 Å². The number of likely N-dealkylation sites (tertiary alicyclic amines) is 1. The van der Waals surface area contributed by atoms with Gasteiger partial charge in [0.25, 0.3) is 0 Å². The van der Waals surface area contributed by atoms with Crippen molar-refractivity contribution in [2.45, 2.75) is 25.7 Å². The van der Waals surface area contributed by atoms with Crippen molar-refractivity contribution in [2.24, 2.45) is 11.8 Å². The van der Waals surface area contributed by atoms with E-state index in [-0.39, 0.29) is 23.8 Å². The molecule has 2 aromatic carbocycles. The number of para-hydroxylation sites is 1. The highest BCUT2D eigenvalue weighted by atomic mass is 16.5. The number of nitrogens with one attached hydrogen (secondary N) is 2. The molecule has 0 bridgehead atoms. The molecule has 2 atom stereocenters. The Bertz CT molecular complexity index is 972. The van der Waals surface area contributed by atoms with Crippen molar-refractivity contribution in [2.75, 3.05) is 39.2 Å². The molecule has 0 spiro atoms. The van der Waals surface area contributed by atoms with Crippen molar-refractivity contribution in [3.05, 3.63) is 53.6 Å². The van der Waals surface area contributed by atoms with E-state index in [0.717, 1.165) is 16.8 Å². The fourth-order valence-corrected chi connectivity index (χ4v) is 4.29. The van der Waals surface area contributed by atoms with Gasteiger partial charge in [-0.05, 0) is 43.9 Å². The highest BCUT2D eigenvalue weighted by Crippen LogP contribution is 2.42. The zero-order chi connectivity index (χ0) is 22.7. The molecule has 4 rings (SSSR count). The van der Waals surface area contributed by atoms with Gasteiger partial charge in [-0.15, -0.1) is 0 Å². The summed E-state index contributed by atoms with van der Waals surface area (Å²) in [6.45, 7) is 3.47. The number of amides is 3. The van der Waals surface area contributed by atoms with E-state index in [2.05, 4.69) is 10.6 Å². The summed E-state index contributed by atoms with van der Waals surface area (Å²) in [4.78, 5) is 27.9. The number of nitrogens with zero attached hydrogens (tertiary/aromatic N) is 1. The monoisotopic (exact) mass is 437 g/mol. The van der Waals surface area contributed by atoms with Crippen LogP contribution in [0.3, 0.4) is 0 Å². The van der Waals surface area contributed by atoms with Gasteiger partial charge in [0.2, 0.25) is 5.91 Å². The highest BCUT2D eigenvalue weighted by Gasteiger charge is 2.42. The Morgan fingerprint density at radius 2 is 1.78 bits per heavy atom. The summed E-state index contributed by atoms with van der Waals surface area (Å²) in [5, 5.41) is 6.05. The molecule has 2 aromatic rings. The maximum absolute atomic E-state index is 13.1. The van der Waals surface area contributed by atoms with Crippen LogP contribution in [0.15, 0.2) is 42.5 Å². The third-order valence-electron chi connectivity index (χ3n) is 6.34. The minimum atomic E-state index is -0.362. The van der Waals surface area contributed by atoms with Gasteiger partial charge in [-0.1, -0.05) is 29.8 Å². The smallest absolute Gasteiger partial charge is 0.321 e. The number of benzene rings is 2. The van der Waals surface area contributed by atoms with Gasteiger partial charge in [0.15, 0.2) is 11.5 Å². The largest absolute Gasteiger partial charge is 0.493 e. The van der Waals surface area contributed by atoms with E-state index in [9.17, 15) is 9.59 Å². The quantitative estimate of drug-likeness (QED) is 0.691. The lowest BCUT2D eigenvalue weighted by Gasteiger charge is -2.21. The molecule has 1 heterocycles. The zero-order valence-electron chi connectivity index (χ0n) is 18.9. The molecule has 3 amide bonds. The first-order valence-corrected chi connectivity index (χ1v) is 11.1. The molecule has 1 aliphatic heterocycles. The van der Waals surface area contributed by atoms with E-state index in [0.29, 0.717) is 37.1 Å². The first kappa shape index (κ1) is 22.0. The second kappa shape index (κ2) is 9.51. The zero-order valence-corrected chi connectivity index (χ0v) is 18.9. The van der Waals surface area contributed by atoms with Crippen molar-refractivity contribution < 1.29 is 19.1 Å². The maximum atomic E-state index is 13.1. The minimum Gasteiger partial charge on any atom is -0.493 e. The van der Waals surface area contributed by atoms with Crippen molar-refractivity contribution >= 4 is 17.6 Å². The molecule has 2 N–H and O–H groups in total. The van der Waals surface area contributed by atoms with Gasteiger partial charge in [0.05, 0.1) is 20.1 Å². The van der Waals surface area contributed by atoms with Crippen LogP contribution in [0.1, 0.15) is 29.9 Å². The molecular formula is C25H31N3O4. The number of aryl methyl sites for hydroxylation is 1. The lowest BCUT2D eigenvalue weighted by Crippen LogP contribution is -2.37. The third-order valence-corrected chi connectivity index (χ3v) is 6.34. The Morgan fingerprint density at radius 1 is 1.03 bits per heavy atom. The number of hydrogen-bond donors (Lipinski definition) is 2. The van der Waals surface area contributed by atoms with E-state index in [4.69, 9.17) is 9.47 Å². The van der Waals surface area contributed by atoms with E-state index >= 15 is 0 Å². The SMILES string of the molecule is COc1cccc(C2CN(C(=O)Nc3ccc(C)cc3)CC2C(=O)NCC2CC2)c1OC. The van der Waals surface area contributed by atoms with Crippen LogP contribution in [0.5, 0.6) is 11.5 Å². The van der Waals surface area contributed by atoms with E-state index < -0.39 is 0 Å². The van der Waals surface area contributed by atoms with Gasteiger partial charge in [0.1, 0.15) is 0 Å². The molecule has 32 heavy (non-hydrogen) atoms. The third kappa shape index (κ3) is 4.82. The molecule has 2 aliphatic rings. The van der Waals surface area contributed by atoms with Crippen LogP contribution in [0.4, 0.5) is 10.5 Å². The van der Waals surface area contributed by atoms with Gasteiger partial charge in [0, 0.05) is 36.8 Å². The molecule has 2 unspecified atom stereocenters. The normalized spacial score (nSPS) is 20.0. The number of urea groups is 1. The Kier molecular flexibility index (Phi) is 6.53. The van der Waals surface area contributed by atoms with Crippen LogP contribution in [0, 0.1) is 18.8 Å². The first-order valence-electron chi connectivity index (χ1n) is 11.1. The summed E-state index contributed by atoms with van der Waals surface area (Å²) in [5.74, 6) is 1.25. The first-order chi connectivity index (χ1) is 15.5. The number of anilines is 1. The minimum absolute atomic E-state index is 0.0163. The Hall–Kier alpha value is -3.22. The molecule has 7 heteroatoms. The van der Waals surface area contributed by atoms with Crippen LogP contribution in [0.25, 0.3) is 0 Å². The molecule has 1 saturated heterocycles. The topological polar surface area (TPSA) is 79.9 Å². The maximum Gasteiger partial charge on any atom is 0.321 e. The average Bonchev–Trinajstić information content (AvgIpc) is 3.53. The molecule has 7 nitrogen and oxygen atoms in total. The predicted octanol–water partition coefficient (Wildman–Crippen LogP) is 3.79. The molecule has 170 valence electrons. The molecule has 0 aromatic heterocycles. The summed E-state index contributed by atoms with van der Waals surface area (Å²) in [6.07, 6.45) is 2.34. The summed E-state index contributed by atoms with van der Waals surface area (Å²) < 4.78 is 11.1. The lowest BCUT2D eigenvalue weighted by atomic mass is 9.87. The number of methoxy groups -OCH3 is 2. The second-order valence-corrected chi connectivity index (χ2v) is 8.69. The highest BCUT2D eigenvalue weighted by molar-refractivity contribution is 5.91. The molecule has 1 aliphatic carbocycles. The number of hydrogen-bond acceptors (Lipinski definition) is 4. The van der Waals surface area contributed by atoms with E-state index in [1.54, 1.807) is 19.1 Å². The molecule has 1 saturated carbocycles. The van der Waals surface area contributed by atoms with Crippen LogP contribution in [-0.4, -0.2) is 50.7 Å². The van der Waals surface area contributed by atoms with Gasteiger partial charge in [-0.3, -0.25) is 4.79 Å². The molecular weight excluding hydrogens is 406 g/mol. The predicted molar refractivity (Wildman–Crippen MR) is 123 cm³/mol. The number of carbonyl (C=O) groups excluding carboxylic acids is 2.